The van der Waals surface area contributed by atoms with Crippen LogP contribution in [-0.2, 0) is 16.7 Å². The van der Waals surface area contributed by atoms with Crippen LogP contribution in [0.25, 0.3) is 11.1 Å². The third kappa shape index (κ3) is 2.17. The van der Waals surface area contributed by atoms with Crippen molar-refractivity contribution >= 4 is 17.6 Å². The highest BCUT2D eigenvalue weighted by Crippen LogP contribution is 2.52. The van der Waals surface area contributed by atoms with Crippen LogP contribution < -0.4 is 5.73 Å². The van der Waals surface area contributed by atoms with E-state index in [4.69, 9.17) is 22.1 Å². The van der Waals surface area contributed by atoms with Gasteiger partial charge in [0.2, 0.25) is 0 Å². The first-order chi connectivity index (χ1) is 11.4. The highest BCUT2D eigenvalue weighted by molar-refractivity contribution is 6.29. The molecule has 1 unspecified atom stereocenters. The molecule has 1 aromatic carbocycles. The van der Waals surface area contributed by atoms with Gasteiger partial charge in [0.25, 0.3) is 6.02 Å². The average Bonchev–Trinajstić information content (AvgIpc) is 2.91. The van der Waals surface area contributed by atoms with Crippen molar-refractivity contribution in [3.8, 4) is 11.1 Å². The molecule has 7 heteroatoms. The number of pyridine rings is 1. The zero-order valence-corrected chi connectivity index (χ0v) is 13.4. The number of ether oxygens (including phenoxy) is 1. The summed E-state index contributed by atoms with van der Waals surface area (Å²) in [6, 6.07) is 8.81. The second kappa shape index (κ2) is 5.14. The first kappa shape index (κ1) is 15.3. The van der Waals surface area contributed by atoms with Gasteiger partial charge in [-0.15, -0.1) is 0 Å². The predicted molar refractivity (Wildman–Crippen MR) is 87.2 cm³/mol. The number of fused-ring (bicyclic) bond motifs is 2. The molecule has 2 aliphatic rings. The molecule has 1 aliphatic heterocycles. The van der Waals surface area contributed by atoms with E-state index in [1.807, 2.05) is 12.1 Å². The molecule has 1 aromatic heterocycles. The molecular formula is C17H14ClF2N3O. The summed E-state index contributed by atoms with van der Waals surface area (Å²) in [5.74, 6) is -3.12. The van der Waals surface area contributed by atoms with Crippen LogP contribution in [0.2, 0.25) is 5.15 Å². The lowest BCUT2D eigenvalue weighted by Crippen LogP contribution is -2.51. The third-order valence-electron chi connectivity index (χ3n) is 4.68. The monoisotopic (exact) mass is 349 g/mol. The quantitative estimate of drug-likeness (QED) is 0.801. The molecule has 24 heavy (non-hydrogen) atoms. The highest BCUT2D eigenvalue weighted by Gasteiger charge is 2.60. The van der Waals surface area contributed by atoms with E-state index in [-0.39, 0.29) is 12.4 Å². The number of benzene rings is 1. The topological polar surface area (TPSA) is 60.5 Å². The molecule has 2 N–H and O–H groups in total. The van der Waals surface area contributed by atoms with E-state index in [0.29, 0.717) is 17.1 Å². The number of rotatable bonds is 1. The molecule has 1 spiro atoms. The van der Waals surface area contributed by atoms with Crippen LogP contribution in [0.1, 0.15) is 17.5 Å². The Morgan fingerprint density at radius 2 is 1.96 bits per heavy atom. The Morgan fingerprint density at radius 3 is 2.75 bits per heavy atom. The molecule has 0 fully saturated rings. The summed E-state index contributed by atoms with van der Waals surface area (Å²) < 4.78 is 34.2. The normalized spacial score (nSPS) is 24.4. The second-order valence-corrected chi connectivity index (χ2v) is 6.43. The number of nitrogens with zero attached hydrogens (tertiary/aromatic N) is 2. The van der Waals surface area contributed by atoms with Crippen molar-refractivity contribution in [3.05, 3.63) is 52.8 Å². The highest BCUT2D eigenvalue weighted by atomic mass is 35.5. The van der Waals surface area contributed by atoms with Crippen LogP contribution in [0.4, 0.5) is 8.78 Å². The van der Waals surface area contributed by atoms with Gasteiger partial charge in [0.15, 0.2) is 12.1 Å². The molecule has 0 bridgehead atoms. The number of amidine groups is 1. The van der Waals surface area contributed by atoms with Crippen molar-refractivity contribution in [2.75, 3.05) is 6.61 Å². The zero-order valence-electron chi connectivity index (χ0n) is 12.6. The lowest BCUT2D eigenvalue weighted by Gasteiger charge is -2.37. The number of aromatic nitrogens is 1. The fourth-order valence-corrected chi connectivity index (χ4v) is 3.65. The van der Waals surface area contributed by atoms with Crippen molar-refractivity contribution in [1.29, 1.82) is 0 Å². The van der Waals surface area contributed by atoms with Crippen LogP contribution >= 0.6 is 11.6 Å². The van der Waals surface area contributed by atoms with E-state index in [2.05, 4.69) is 9.98 Å². The van der Waals surface area contributed by atoms with Gasteiger partial charge < -0.3 is 10.5 Å². The Morgan fingerprint density at radius 1 is 1.17 bits per heavy atom. The molecule has 1 aliphatic carbocycles. The number of aliphatic imine (C=N–C) groups is 1. The molecule has 0 radical (unpaired) electrons. The number of hydrogen-bond donors (Lipinski definition) is 1. The minimum atomic E-state index is -3.12. The number of halogens is 3. The van der Waals surface area contributed by atoms with E-state index in [0.717, 1.165) is 16.7 Å². The number of alkyl halides is 2. The molecular weight excluding hydrogens is 336 g/mol. The standard InChI is InChI=1S/C17H14ClF2N3O/c18-14-8-12(4-6-22-14)11-2-1-10-3-5-16(13(10)7-11)17(19,20)9-24-15(21)23-16/h1-2,4,6-8H,3,5,9H2,(H2,21,23). The van der Waals surface area contributed by atoms with Crippen LogP contribution in [0.3, 0.4) is 0 Å². The SMILES string of the molecule is NC1=NC2(CCc3ccc(-c4ccnc(Cl)c4)cc32)C(F)(F)CO1. The van der Waals surface area contributed by atoms with Gasteiger partial charge in [-0.05, 0) is 53.3 Å². The smallest absolute Gasteiger partial charge is 0.310 e. The lowest BCUT2D eigenvalue weighted by atomic mass is 9.84. The average molecular weight is 350 g/mol. The van der Waals surface area contributed by atoms with E-state index in [1.54, 1.807) is 24.4 Å². The van der Waals surface area contributed by atoms with Gasteiger partial charge in [-0.2, -0.15) is 8.78 Å². The van der Waals surface area contributed by atoms with Gasteiger partial charge in [0, 0.05) is 6.20 Å². The van der Waals surface area contributed by atoms with E-state index >= 15 is 0 Å². The first-order valence-corrected chi connectivity index (χ1v) is 7.90. The summed E-state index contributed by atoms with van der Waals surface area (Å²) in [6.07, 6.45) is 2.32. The maximum Gasteiger partial charge on any atom is 0.310 e. The Bertz CT molecular complexity index is 855. The fraction of sp³-hybridized carbons (Fsp3) is 0.294. The lowest BCUT2D eigenvalue weighted by molar-refractivity contribution is -0.121. The minimum absolute atomic E-state index is 0.189. The Labute approximate surface area is 142 Å². The number of hydrogen-bond acceptors (Lipinski definition) is 4. The molecule has 124 valence electrons. The molecule has 2 aromatic rings. The van der Waals surface area contributed by atoms with Crippen molar-refractivity contribution in [2.24, 2.45) is 10.7 Å². The summed E-state index contributed by atoms with van der Waals surface area (Å²) in [6.45, 7) is -0.757. The van der Waals surface area contributed by atoms with Crippen molar-refractivity contribution < 1.29 is 13.5 Å². The fourth-order valence-electron chi connectivity index (χ4n) is 3.47. The zero-order chi connectivity index (χ0) is 16.9. The summed E-state index contributed by atoms with van der Waals surface area (Å²) in [5.41, 5.74) is 6.91. The van der Waals surface area contributed by atoms with Gasteiger partial charge in [0.05, 0.1) is 0 Å². The maximum absolute atomic E-state index is 14.7. The van der Waals surface area contributed by atoms with Crippen LogP contribution in [0.15, 0.2) is 41.5 Å². The summed E-state index contributed by atoms with van der Waals surface area (Å²) in [7, 11) is 0. The van der Waals surface area contributed by atoms with Crippen LogP contribution in [0.5, 0.6) is 0 Å². The van der Waals surface area contributed by atoms with E-state index in [9.17, 15) is 8.78 Å². The van der Waals surface area contributed by atoms with E-state index < -0.39 is 18.1 Å². The van der Waals surface area contributed by atoms with Crippen LogP contribution in [0, 0.1) is 0 Å². The van der Waals surface area contributed by atoms with Crippen molar-refractivity contribution in [1.82, 2.24) is 4.98 Å². The molecule has 0 saturated heterocycles. The second-order valence-electron chi connectivity index (χ2n) is 6.04. The van der Waals surface area contributed by atoms with Gasteiger partial charge in [0.1, 0.15) is 5.15 Å². The van der Waals surface area contributed by atoms with Gasteiger partial charge in [-0.3, -0.25) is 0 Å². The summed E-state index contributed by atoms with van der Waals surface area (Å²) >= 11 is 5.93. The molecule has 4 nitrogen and oxygen atoms in total. The number of aryl methyl sites for hydroxylation is 1. The molecule has 0 saturated carbocycles. The Hall–Kier alpha value is -2.21. The number of nitrogens with two attached hydrogens (primary N) is 1. The van der Waals surface area contributed by atoms with Crippen LogP contribution in [-0.4, -0.2) is 23.5 Å². The van der Waals surface area contributed by atoms with Gasteiger partial charge >= 0.3 is 5.92 Å². The summed E-state index contributed by atoms with van der Waals surface area (Å²) in [4.78, 5) is 7.99. The largest absolute Gasteiger partial charge is 0.459 e. The Balaban J connectivity index is 1.89. The maximum atomic E-state index is 14.7. The molecule has 1 atom stereocenters. The molecule has 4 rings (SSSR count). The van der Waals surface area contributed by atoms with E-state index in [1.165, 1.54) is 0 Å². The molecule has 2 heterocycles. The minimum Gasteiger partial charge on any atom is -0.459 e. The van der Waals surface area contributed by atoms with Crippen molar-refractivity contribution in [3.63, 3.8) is 0 Å². The first-order valence-electron chi connectivity index (χ1n) is 7.53. The van der Waals surface area contributed by atoms with Gasteiger partial charge in [-0.25, -0.2) is 9.98 Å². The third-order valence-corrected chi connectivity index (χ3v) is 4.89. The summed E-state index contributed by atoms with van der Waals surface area (Å²) in [5, 5.41) is 0.348. The molecule has 0 amide bonds. The van der Waals surface area contributed by atoms with Gasteiger partial charge in [-0.1, -0.05) is 23.7 Å². The predicted octanol–water partition coefficient (Wildman–Crippen LogP) is 3.52. The Kier molecular flexibility index (Phi) is 3.28. The van der Waals surface area contributed by atoms with Crippen molar-refractivity contribution in [2.45, 2.75) is 24.3 Å².